The number of carbonyl (C=O) groups excluding carboxylic acids is 1. The average molecular weight is 1810 g/mol. The topological polar surface area (TPSA) is 282 Å². The second-order valence-electron chi connectivity index (χ2n) is 23.3. The number of aromatic nitrogens is 10. The number of phenolic OH excluding ortho intramolecular Hbond substituents is 4. The van der Waals surface area contributed by atoms with Gasteiger partial charge in [0.1, 0.15) is 84.8 Å². The summed E-state index contributed by atoms with van der Waals surface area (Å²) in [6, 6.07) is 42.3. The molecule has 0 unspecified atom stereocenters. The van der Waals surface area contributed by atoms with Crippen LogP contribution in [0.25, 0.3) is 110 Å². The first-order valence-corrected chi connectivity index (χ1v) is 37.2. The zero-order valence-electron chi connectivity index (χ0n) is 56.4. The van der Waals surface area contributed by atoms with Crippen molar-refractivity contribution in [2.45, 2.75) is 41.0 Å². The summed E-state index contributed by atoms with van der Waals surface area (Å²) in [5.41, 5.74) is 19.3. The molecule has 28 heteroatoms. The fraction of sp³-hybridized carbons (Fsp3) is 0.197. The van der Waals surface area contributed by atoms with Gasteiger partial charge in [0.15, 0.2) is 5.75 Å². The van der Waals surface area contributed by atoms with Gasteiger partial charge in [-0.05, 0) is 273 Å². The van der Waals surface area contributed by atoms with Gasteiger partial charge in [-0.2, -0.15) is 0 Å². The van der Waals surface area contributed by atoms with E-state index in [9.17, 15) is 25.2 Å². The number of aromatic hydroxyl groups is 4. The van der Waals surface area contributed by atoms with Gasteiger partial charge >= 0.3 is 6.16 Å². The molecule has 0 spiro atoms. The first-order chi connectivity index (χ1) is 50.0. The number of fused-ring (bicyclic) bond motifs is 10. The Morgan fingerprint density at radius 3 is 1.20 bits per heavy atom. The Morgan fingerprint density at radius 2 is 0.731 bits per heavy atom. The fourth-order valence-corrected chi connectivity index (χ4v) is 13.7. The number of methoxy groups -OCH3 is 1. The summed E-state index contributed by atoms with van der Waals surface area (Å²) in [6.45, 7) is 13.3. The Morgan fingerprint density at radius 1 is 0.356 bits per heavy atom. The maximum atomic E-state index is 12.3. The van der Waals surface area contributed by atoms with Gasteiger partial charge in [-0.25, -0.2) is 54.6 Å². The van der Waals surface area contributed by atoms with Crippen LogP contribution in [0.5, 0.6) is 28.7 Å². The van der Waals surface area contributed by atoms with Crippen molar-refractivity contribution in [2.75, 3.05) is 60.0 Å². The molecule has 0 saturated heterocycles. The molecule has 0 atom stereocenters. The number of hydrogen-bond donors (Lipinski definition) is 4. The van der Waals surface area contributed by atoms with Crippen LogP contribution >= 0.6 is 107 Å². The minimum atomic E-state index is -0.858. The van der Waals surface area contributed by atoms with Gasteiger partial charge in [-0.3, -0.25) is 0 Å². The summed E-state index contributed by atoms with van der Waals surface area (Å²) < 4.78 is 36.1. The Bertz CT molecular complexity index is 5630. The summed E-state index contributed by atoms with van der Waals surface area (Å²) >= 11 is 26.5. The molecule has 5 aromatic heterocycles. The van der Waals surface area contributed by atoms with Crippen LogP contribution in [0.3, 0.4) is 0 Å². The van der Waals surface area contributed by atoms with Gasteiger partial charge in [0.05, 0.1) is 106 Å². The van der Waals surface area contributed by atoms with Crippen LogP contribution in [0.15, 0.2) is 166 Å². The lowest BCUT2D eigenvalue weighted by atomic mass is 10.1. The maximum absolute atomic E-state index is 12.3. The van der Waals surface area contributed by atoms with Gasteiger partial charge in [0, 0.05) is 34.5 Å². The number of ether oxygens (including phenoxy) is 6. The molecule has 0 aliphatic carbocycles. The van der Waals surface area contributed by atoms with Crippen molar-refractivity contribution >= 4 is 224 Å². The van der Waals surface area contributed by atoms with Gasteiger partial charge < -0.3 is 48.8 Å². The minimum Gasteiger partial charge on any atom is -0.506 e. The Labute approximate surface area is 650 Å². The average Bonchev–Trinajstić information content (AvgIpc) is 0.783. The van der Waals surface area contributed by atoms with E-state index >= 15 is 0 Å². The first-order valence-electron chi connectivity index (χ1n) is 32.1. The lowest BCUT2D eigenvalue weighted by molar-refractivity contribution is -0.00449. The highest BCUT2D eigenvalue weighted by molar-refractivity contribution is 9.11. The van der Waals surface area contributed by atoms with Crippen molar-refractivity contribution in [3.63, 3.8) is 0 Å². The van der Waals surface area contributed by atoms with Crippen molar-refractivity contribution < 1.29 is 53.6 Å². The van der Waals surface area contributed by atoms with Crippen molar-refractivity contribution in [3.05, 3.63) is 199 Å². The monoisotopic (exact) mass is 1800 g/mol. The molecule has 21 nitrogen and oxygen atoms in total. The van der Waals surface area contributed by atoms with Crippen LogP contribution in [0.1, 0.15) is 34.7 Å². The molecular weight excluding hydrogens is 1740 g/mol. The number of halogens is 7. The Kier molecular flexibility index (Phi) is 26.0. The number of phenols is 4. The van der Waals surface area contributed by atoms with Gasteiger partial charge in [-0.15, -0.1) is 0 Å². The molecule has 0 radical (unpaired) electrons. The highest BCUT2D eigenvalue weighted by Crippen LogP contribution is 2.39. The molecule has 0 aliphatic rings. The third-order valence-electron chi connectivity index (χ3n) is 15.7. The normalized spacial score (nSPS) is 11.2. The maximum Gasteiger partial charge on any atom is 0.514 e. The van der Waals surface area contributed by atoms with E-state index in [1.807, 2.05) is 88.4 Å². The zero-order valence-corrected chi connectivity index (χ0v) is 66.7. The second kappa shape index (κ2) is 35.2. The number of aryl methyl sites for hydroxylation is 5. The van der Waals surface area contributed by atoms with Gasteiger partial charge in [0.25, 0.3) is 0 Å². The standard InChI is InChI=1S/C23H26Br2N2O7.2C14H11BrN2O.C13H9BrN2O.C12H6BrClN2O/c1-15-3-4-18-19(13-15)27-20-16(24)14-17(25)22(21(20)26-18)34-23(28)33-12-11-32-10-9-31-8-7-30-6-5-29-2;1-7-5-8(2)12-10(6-7)16-14-11(18)4-3-9(15)13(14)17-12;1-2-8-3-5-10-11(7-8)17-13-9(15)4-6-12(18)14(13)16-10;1-7-2-4-9-10(6-7)16-12-8(14)3-5-11(17)13(12)15-9;13-7-2-4-10(17)12-11(7)16-9-5-6(14)1-3-8(9)15-12/h3-4,13-14H,5-12H2,1-2H3;3-6,18H,1-2H3;3-7,18H,2H2,1H3;2-6,17H,1H3;1-5,17H. The highest BCUT2D eigenvalue weighted by atomic mass is 79.9. The number of benzene rings is 10. The smallest absolute Gasteiger partial charge is 0.506 e. The van der Waals surface area contributed by atoms with Crippen LogP contribution in [0.2, 0.25) is 5.02 Å². The van der Waals surface area contributed by atoms with E-state index in [1.54, 1.807) is 79.9 Å². The van der Waals surface area contributed by atoms with Crippen molar-refractivity contribution in [3.8, 4) is 28.7 Å². The van der Waals surface area contributed by atoms with Gasteiger partial charge in [-0.1, -0.05) is 42.8 Å². The molecule has 0 aliphatic heterocycles. The lowest BCUT2D eigenvalue weighted by Crippen LogP contribution is -2.16. The Hall–Kier alpha value is -8.32. The summed E-state index contributed by atoms with van der Waals surface area (Å²) in [7, 11) is 1.62. The third kappa shape index (κ3) is 18.7. The molecule has 15 aromatic rings. The summed E-state index contributed by atoms with van der Waals surface area (Å²) in [4.78, 5) is 57.5. The molecule has 10 aromatic carbocycles. The molecule has 15 rings (SSSR count). The number of nitrogens with zero attached hydrogens (tertiary/aromatic N) is 10. The summed E-state index contributed by atoms with van der Waals surface area (Å²) in [6.07, 6.45) is 0.111. The van der Waals surface area contributed by atoms with E-state index in [1.165, 1.54) is 5.56 Å². The predicted molar refractivity (Wildman–Crippen MR) is 428 cm³/mol. The van der Waals surface area contributed by atoms with Crippen molar-refractivity contribution in [1.82, 2.24) is 49.8 Å². The molecule has 0 amide bonds. The summed E-state index contributed by atoms with van der Waals surface area (Å²) in [5.74, 6) is 0.815. The van der Waals surface area contributed by atoms with Crippen LogP contribution in [-0.4, -0.2) is 136 Å². The largest absolute Gasteiger partial charge is 0.514 e. The van der Waals surface area contributed by atoms with E-state index < -0.39 is 6.16 Å². The van der Waals surface area contributed by atoms with E-state index in [-0.39, 0.29) is 42.0 Å². The van der Waals surface area contributed by atoms with Crippen molar-refractivity contribution in [2.24, 2.45) is 0 Å². The van der Waals surface area contributed by atoms with Crippen LogP contribution in [-0.2, 0) is 30.1 Å². The predicted octanol–water partition coefficient (Wildman–Crippen LogP) is 20.0. The first kappa shape index (κ1) is 76.8. The molecule has 0 saturated carbocycles. The highest BCUT2D eigenvalue weighted by Gasteiger charge is 2.20. The third-order valence-corrected chi connectivity index (χ3v) is 19.6. The zero-order chi connectivity index (χ0) is 73.9. The quantitative estimate of drug-likeness (QED) is 0.0341. The molecule has 4 N–H and O–H groups in total. The van der Waals surface area contributed by atoms with Crippen LogP contribution < -0.4 is 4.74 Å². The minimum absolute atomic E-state index is 0.0406. The van der Waals surface area contributed by atoms with E-state index in [0.717, 1.165) is 89.7 Å². The van der Waals surface area contributed by atoms with E-state index in [2.05, 4.69) is 158 Å². The van der Waals surface area contributed by atoms with Gasteiger partial charge in [0.2, 0.25) is 0 Å². The summed E-state index contributed by atoms with van der Waals surface area (Å²) in [5, 5.41) is 39.9. The fourth-order valence-electron chi connectivity index (χ4n) is 10.6. The molecule has 5 heterocycles. The number of hydrogen-bond acceptors (Lipinski definition) is 21. The van der Waals surface area contributed by atoms with E-state index in [0.29, 0.717) is 121 Å². The lowest BCUT2D eigenvalue weighted by Gasteiger charge is -2.12. The molecule has 0 bridgehead atoms. The Balaban J connectivity index is 0.000000135. The number of rotatable bonds is 14. The van der Waals surface area contributed by atoms with Crippen LogP contribution in [0, 0.1) is 27.7 Å². The van der Waals surface area contributed by atoms with Crippen LogP contribution in [0.4, 0.5) is 4.79 Å². The SMILES string of the molecule is CCc1ccc2nc3c(O)ccc(Br)c3nc2c1.COCCOCCOCCOCCOC(=O)Oc1c(Br)cc(Br)c2nc3cc(C)ccc3nc12.Cc1cc(C)c2nc3c(Br)ccc(O)c3nc2c1.Cc1ccc2nc3c(O)ccc(Br)c3nc2c1.Oc1ccc(Br)c2nc3cc(Cl)ccc3nc12. The van der Waals surface area contributed by atoms with E-state index in [4.69, 9.17) is 40.0 Å². The van der Waals surface area contributed by atoms with Crippen molar-refractivity contribution in [1.29, 1.82) is 0 Å². The molecule has 532 valence electrons. The number of carbonyl (C=O) groups is 1. The molecule has 0 fully saturated rings. The molecule has 104 heavy (non-hydrogen) atoms. The molecular formula is C76H63Br6ClN10O11. The second-order valence-corrected chi connectivity index (χ2v) is 28.9.